The van der Waals surface area contributed by atoms with E-state index in [-0.39, 0.29) is 0 Å². The average Bonchev–Trinajstić information content (AvgIpc) is 3.04. The number of thiophene rings is 1. The van der Waals surface area contributed by atoms with Crippen LogP contribution in [0.4, 0.5) is 11.8 Å². The Hall–Kier alpha value is -1.67. The lowest BCUT2D eigenvalue weighted by atomic mass is 10.4. The van der Waals surface area contributed by atoms with Gasteiger partial charge in [0.15, 0.2) is 11.5 Å². The Morgan fingerprint density at radius 2 is 2.32 bits per heavy atom. The van der Waals surface area contributed by atoms with Gasteiger partial charge in [-0.05, 0) is 27.4 Å². The molecule has 0 aromatic carbocycles. The second-order valence-electron chi connectivity index (χ2n) is 3.79. The van der Waals surface area contributed by atoms with Gasteiger partial charge < -0.3 is 15.6 Å². The lowest BCUT2D eigenvalue weighted by molar-refractivity contribution is 1.11. The maximum Gasteiger partial charge on any atom is 0.226 e. The SMILES string of the molecule is CNc1nc(NCc2sccc2Br)c2[nH]cnc2n1. The molecule has 0 atom stereocenters. The van der Waals surface area contributed by atoms with E-state index in [0.717, 1.165) is 15.8 Å². The molecule has 0 fully saturated rings. The molecule has 0 spiro atoms. The third-order valence-corrected chi connectivity index (χ3v) is 4.54. The van der Waals surface area contributed by atoms with Crippen molar-refractivity contribution in [3.8, 4) is 0 Å². The van der Waals surface area contributed by atoms with Gasteiger partial charge >= 0.3 is 0 Å². The second-order valence-corrected chi connectivity index (χ2v) is 5.65. The molecule has 3 aromatic heterocycles. The molecule has 0 saturated carbocycles. The summed E-state index contributed by atoms with van der Waals surface area (Å²) in [5, 5.41) is 8.29. The summed E-state index contributed by atoms with van der Waals surface area (Å²) in [5.41, 5.74) is 1.46. The van der Waals surface area contributed by atoms with E-state index in [1.165, 1.54) is 4.88 Å². The molecule has 8 heteroatoms. The van der Waals surface area contributed by atoms with Gasteiger partial charge in [0.05, 0.1) is 12.9 Å². The highest BCUT2D eigenvalue weighted by molar-refractivity contribution is 9.10. The summed E-state index contributed by atoms with van der Waals surface area (Å²) in [7, 11) is 1.79. The highest BCUT2D eigenvalue weighted by atomic mass is 79.9. The molecular formula is C11H11BrN6S. The van der Waals surface area contributed by atoms with Crippen molar-refractivity contribution in [3.63, 3.8) is 0 Å². The molecule has 0 unspecified atom stereocenters. The monoisotopic (exact) mass is 338 g/mol. The summed E-state index contributed by atoms with van der Waals surface area (Å²) >= 11 is 5.21. The number of anilines is 2. The Labute approximate surface area is 121 Å². The van der Waals surface area contributed by atoms with Crippen molar-refractivity contribution in [2.75, 3.05) is 17.7 Å². The lowest BCUT2D eigenvalue weighted by Gasteiger charge is -2.07. The molecule has 3 rings (SSSR count). The number of halogens is 1. The Morgan fingerprint density at radius 3 is 3.05 bits per heavy atom. The third kappa shape index (κ3) is 2.41. The number of nitrogens with zero attached hydrogens (tertiary/aromatic N) is 3. The van der Waals surface area contributed by atoms with Crippen LogP contribution in [0.1, 0.15) is 4.88 Å². The summed E-state index contributed by atoms with van der Waals surface area (Å²) in [6, 6.07) is 2.03. The van der Waals surface area contributed by atoms with E-state index in [1.54, 1.807) is 24.7 Å². The predicted molar refractivity (Wildman–Crippen MR) is 80.6 cm³/mol. The van der Waals surface area contributed by atoms with Crippen LogP contribution in [0.15, 0.2) is 22.2 Å². The molecule has 0 amide bonds. The zero-order chi connectivity index (χ0) is 13.2. The highest BCUT2D eigenvalue weighted by Crippen LogP contribution is 2.25. The van der Waals surface area contributed by atoms with E-state index in [2.05, 4.69) is 46.5 Å². The van der Waals surface area contributed by atoms with Crippen LogP contribution in [0.25, 0.3) is 11.2 Å². The van der Waals surface area contributed by atoms with Gasteiger partial charge in [0.25, 0.3) is 0 Å². The van der Waals surface area contributed by atoms with Crippen molar-refractivity contribution in [3.05, 3.63) is 27.1 Å². The first kappa shape index (κ1) is 12.4. The molecule has 0 aliphatic carbocycles. The van der Waals surface area contributed by atoms with Gasteiger partial charge in [0, 0.05) is 16.4 Å². The average molecular weight is 339 g/mol. The van der Waals surface area contributed by atoms with Crippen LogP contribution < -0.4 is 10.6 Å². The molecule has 0 aliphatic rings. The fourth-order valence-corrected chi connectivity index (χ4v) is 3.12. The van der Waals surface area contributed by atoms with Crippen LogP contribution in [-0.4, -0.2) is 27.0 Å². The minimum absolute atomic E-state index is 0.548. The van der Waals surface area contributed by atoms with Gasteiger partial charge in [-0.2, -0.15) is 9.97 Å². The number of rotatable bonds is 4. The predicted octanol–water partition coefficient (Wildman–Crippen LogP) is 2.83. The van der Waals surface area contributed by atoms with Crippen molar-refractivity contribution in [1.82, 2.24) is 19.9 Å². The van der Waals surface area contributed by atoms with Crippen LogP contribution in [0.3, 0.4) is 0 Å². The molecule has 3 aromatic rings. The summed E-state index contributed by atoms with van der Waals surface area (Å²) in [6.07, 6.45) is 1.62. The number of nitrogens with one attached hydrogen (secondary N) is 3. The van der Waals surface area contributed by atoms with E-state index in [1.807, 2.05) is 11.4 Å². The number of imidazole rings is 1. The van der Waals surface area contributed by atoms with E-state index < -0.39 is 0 Å². The first-order chi connectivity index (χ1) is 9.28. The van der Waals surface area contributed by atoms with Crippen LogP contribution in [-0.2, 0) is 6.54 Å². The topological polar surface area (TPSA) is 78.5 Å². The van der Waals surface area contributed by atoms with E-state index in [9.17, 15) is 0 Å². The van der Waals surface area contributed by atoms with Crippen molar-refractivity contribution in [2.45, 2.75) is 6.54 Å². The fraction of sp³-hybridized carbons (Fsp3) is 0.182. The van der Waals surface area contributed by atoms with Gasteiger partial charge in [0.2, 0.25) is 5.95 Å². The van der Waals surface area contributed by atoms with Gasteiger partial charge in [-0.1, -0.05) is 0 Å². The number of aromatic nitrogens is 4. The number of fused-ring (bicyclic) bond motifs is 1. The number of hydrogen-bond donors (Lipinski definition) is 3. The van der Waals surface area contributed by atoms with Crippen LogP contribution in [0.2, 0.25) is 0 Å². The molecule has 0 radical (unpaired) electrons. The highest BCUT2D eigenvalue weighted by Gasteiger charge is 2.10. The zero-order valence-corrected chi connectivity index (χ0v) is 12.5. The third-order valence-electron chi connectivity index (χ3n) is 2.62. The van der Waals surface area contributed by atoms with Gasteiger partial charge in [0.1, 0.15) is 5.52 Å². The van der Waals surface area contributed by atoms with E-state index in [4.69, 9.17) is 0 Å². The van der Waals surface area contributed by atoms with Gasteiger partial charge in [-0.25, -0.2) is 4.98 Å². The van der Waals surface area contributed by atoms with Crippen LogP contribution in [0.5, 0.6) is 0 Å². The standard InChI is InChI=1S/C11H11BrN6S/c1-13-11-17-9(8-10(18-11)16-5-15-8)14-4-7-6(12)2-3-19-7/h2-3,5H,4H2,1H3,(H3,13,14,15,16,17,18). The number of aromatic amines is 1. The lowest BCUT2D eigenvalue weighted by Crippen LogP contribution is -2.05. The maximum atomic E-state index is 4.41. The molecule has 3 N–H and O–H groups in total. The smallest absolute Gasteiger partial charge is 0.226 e. The maximum absolute atomic E-state index is 4.41. The molecule has 0 bridgehead atoms. The van der Waals surface area contributed by atoms with E-state index >= 15 is 0 Å². The zero-order valence-electron chi connectivity index (χ0n) is 10.1. The number of hydrogen-bond acceptors (Lipinski definition) is 6. The Balaban J connectivity index is 1.91. The summed E-state index contributed by atoms with van der Waals surface area (Å²) in [4.78, 5) is 17.1. The van der Waals surface area contributed by atoms with Gasteiger partial charge in [-0.15, -0.1) is 11.3 Å². The van der Waals surface area contributed by atoms with Crippen molar-refractivity contribution in [2.24, 2.45) is 0 Å². The Morgan fingerprint density at radius 1 is 1.42 bits per heavy atom. The molecule has 0 aliphatic heterocycles. The van der Waals surface area contributed by atoms with Crippen molar-refractivity contribution < 1.29 is 0 Å². The normalized spacial score (nSPS) is 10.8. The minimum Gasteiger partial charge on any atom is -0.363 e. The minimum atomic E-state index is 0.548. The van der Waals surface area contributed by atoms with Gasteiger partial charge in [-0.3, -0.25) is 0 Å². The van der Waals surface area contributed by atoms with E-state index in [0.29, 0.717) is 18.1 Å². The molecule has 3 heterocycles. The van der Waals surface area contributed by atoms with Crippen molar-refractivity contribution in [1.29, 1.82) is 0 Å². The Kier molecular flexibility index (Phi) is 3.34. The first-order valence-electron chi connectivity index (χ1n) is 5.62. The van der Waals surface area contributed by atoms with Crippen LogP contribution >= 0.6 is 27.3 Å². The molecule has 98 valence electrons. The van der Waals surface area contributed by atoms with Crippen molar-refractivity contribution >= 4 is 50.2 Å². The molecule has 6 nitrogen and oxygen atoms in total. The quantitative estimate of drug-likeness (QED) is 0.681. The molecule has 19 heavy (non-hydrogen) atoms. The molecular weight excluding hydrogens is 328 g/mol. The summed E-state index contributed by atoms with van der Waals surface area (Å²) < 4.78 is 1.11. The Bertz CT molecular complexity index is 706. The number of H-pyrrole nitrogens is 1. The fourth-order valence-electron chi connectivity index (χ4n) is 1.69. The summed E-state index contributed by atoms with van der Waals surface area (Å²) in [6.45, 7) is 0.701. The molecule has 0 saturated heterocycles. The second kappa shape index (κ2) is 5.14. The largest absolute Gasteiger partial charge is 0.363 e. The van der Waals surface area contributed by atoms with Crippen LogP contribution in [0, 0.1) is 0 Å². The first-order valence-corrected chi connectivity index (χ1v) is 7.30. The summed E-state index contributed by atoms with van der Waals surface area (Å²) in [5.74, 6) is 1.29.